The maximum Gasteiger partial charge on any atom is 0.148 e. The summed E-state index contributed by atoms with van der Waals surface area (Å²) < 4.78 is 0. The Bertz CT molecular complexity index is 398. The van der Waals surface area contributed by atoms with Crippen LogP contribution in [0.2, 0.25) is 10.2 Å². The van der Waals surface area contributed by atoms with E-state index < -0.39 is 0 Å². The monoisotopic (exact) mass is 246 g/mol. The van der Waals surface area contributed by atoms with Crippen molar-refractivity contribution in [2.24, 2.45) is 0 Å². The molecule has 74 valence electrons. The standard InChI is InChI=1S/C9H8Cl2N2S/c1-3-5-6(4-12)8(11)13-9(14-2)7(5)10/h3H2,1-2H3. The van der Waals surface area contributed by atoms with E-state index in [1.54, 1.807) is 0 Å². The first-order valence-corrected chi connectivity index (χ1v) is 5.95. The van der Waals surface area contributed by atoms with Crippen LogP contribution in [0.4, 0.5) is 0 Å². The van der Waals surface area contributed by atoms with Crippen molar-refractivity contribution < 1.29 is 0 Å². The molecule has 0 bridgehead atoms. The van der Waals surface area contributed by atoms with Crippen molar-refractivity contribution in [2.75, 3.05) is 6.26 Å². The molecular weight excluding hydrogens is 239 g/mol. The lowest BCUT2D eigenvalue weighted by atomic mass is 10.1. The van der Waals surface area contributed by atoms with Crippen molar-refractivity contribution in [3.8, 4) is 6.07 Å². The largest absolute Gasteiger partial charge is 0.227 e. The number of hydrogen-bond donors (Lipinski definition) is 0. The molecule has 0 aromatic carbocycles. The number of hydrogen-bond acceptors (Lipinski definition) is 3. The average molecular weight is 247 g/mol. The number of aromatic nitrogens is 1. The molecule has 0 spiro atoms. The Balaban J connectivity index is 3.50. The molecule has 14 heavy (non-hydrogen) atoms. The molecule has 0 saturated heterocycles. The Morgan fingerprint density at radius 3 is 2.57 bits per heavy atom. The van der Waals surface area contributed by atoms with Crippen LogP contribution in [-0.2, 0) is 6.42 Å². The quantitative estimate of drug-likeness (QED) is 0.592. The van der Waals surface area contributed by atoms with E-state index in [4.69, 9.17) is 28.5 Å². The fourth-order valence-corrected chi connectivity index (χ4v) is 2.42. The van der Waals surface area contributed by atoms with Gasteiger partial charge in [-0.1, -0.05) is 30.1 Å². The van der Waals surface area contributed by atoms with Crippen LogP contribution in [0.1, 0.15) is 18.1 Å². The van der Waals surface area contributed by atoms with E-state index in [0.29, 0.717) is 22.0 Å². The number of nitrogens with zero attached hydrogens (tertiary/aromatic N) is 2. The third-order valence-electron chi connectivity index (χ3n) is 1.82. The van der Waals surface area contributed by atoms with Gasteiger partial charge in [0.2, 0.25) is 0 Å². The molecule has 0 N–H and O–H groups in total. The summed E-state index contributed by atoms with van der Waals surface area (Å²) in [6.45, 7) is 1.93. The predicted octanol–water partition coefficient (Wildman–Crippen LogP) is 3.54. The lowest BCUT2D eigenvalue weighted by Crippen LogP contribution is -1.96. The summed E-state index contributed by atoms with van der Waals surface area (Å²) in [5.41, 5.74) is 1.16. The molecule has 1 heterocycles. The van der Waals surface area contributed by atoms with E-state index in [9.17, 15) is 0 Å². The minimum absolute atomic E-state index is 0.234. The van der Waals surface area contributed by atoms with Crippen LogP contribution in [-0.4, -0.2) is 11.2 Å². The van der Waals surface area contributed by atoms with Crippen LogP contribution in [0.3, 0.4) is 0 Å². The second-order valence-electron chi connectivity index (χ2n) is 2.54. The van der Waals surface area contributed by atoms with Gasteiger partial charge in [0.15, 0.2) is 0 Å². The molecule has 2 nitrogen and oxygen atoms in total. The molecule has 0 aliphatic carbocycles. The number of rotatable bonds is 2. The highest BCUT2D eigenvalue weighted by Crippen LogP contribution is 2.32. The van der Waals surface area contributed by atoms with Gasteiger partial charge in [-0.05, 0) is 18.2 Å². The summed E-state index contributed by atoms with van der Waals surface area (Å²) in [6.07, 6.45) is 2.55. The number of halogens is 2. The SMILES string of the molecule is CCc1c(Cl)c(SC)nc(Cl)c1C#N. The molecule has 1 rings (SSSR count). The molecule has 0 saturated carbocycles. The number of thioether (sulfide) groups is 1. The molecule has 0 atom stereocenters. The third kappa shape index (κ3) is 1.98. The normalized spacial score (nSPS) is 9.93. The van der Waals surface area contributed by atoms with Gasteiger partial charge in [-0.3, -0.25) is 0 Å². The molecule has 0 amide bonds. The molecule has 0 aliphatic rings. The molecule has 0 fully saturated rings. The first kappa shape index (κ1) is 11.6. The van der Waals surface area contributed by atoms with Gasteiger partial charge in [-0.15, -0.1) is 11.8 Å². The maximum absolute atomic E-state index is 8.88. The molecule has 0 aliphatic heterocycles. The second kappa shape index (κ2) is 4.88. The van der Waals surface area contributed by atoms with Gasteiger partial charge in [-0.25, -0.2) is 4.98 Å². The van der Waals surface area contributed by atoms with Crippen molar-refractivity contribution in [2.45, 2.75) is 18.4 Å². The Morgan fingerprint density at radius 1 is 1.50 bits per heavy atom. The summed E-state index contributed by atoms with van der Waals surface area (Å²) in [4.78, 5) is 4.04. The fourth-order valence-electron chi connectivity index (χ4n) is 1.14. The second-order valence-corrected chi connectivity index (χ2v) is 4.08. The summed E-state index contributed by atoms with van der Waals surface area (Å²) in [6, 6.07) is 2.02. The van der Waals surface area contributed by atoms with Crippen molar-refractivity contribution in [1.82, 2.24) is 4.98 Å². The van der Waals surface area contributed by atoms with Crippen LogP contribution in [0.25, 0.3) is 0 Å². The predicted molar refractivity (Wildman–Crippen MR) is 60.1 cm³/mol. The van der Waals surface area contributed by atoms with Gasteiger partial charge in [0, 0.05) is 0 Å². The Labute approximate surface area is 97.2 Å². The van der Waals surface area contributed by atoms with E-state index in [1.807, 2.05) is 19.2 Å². The first-order chi connectivity index (χ1) is 6.65. The minimum Gasteiger partial charge on any atom is -0.227 e. The van der Waals surface area contributed by atoms with E-state index >= 15 is 0 Å². The molecule has 0 radical (unpaired) electrons. The summed E-state index contributed by atoms with van der Waals surface area (Å²) in [5.74, 6) is 0. The van der Waals surface area contributed by atoms with Gasteiger partial charge in [-0.2, -0.15) is 5.26 Å². The van der Waals surface area contributed by atoms with Crippen LogP contribution in [0.15, 0.2) is 5.03 Å². The lowest BCUT2D eigenvalue weighted by Gasteiger charge is -2.08. The van der Waals surface area contributed by atoms with Gasteiger partial charge in [0.1, 0.15) is 16.2 Å². The summed E-state index contributed by atoms with van der Waals surface area (Å²) in [7, 11) is 0. The van der Waals surface area contributed by atoms with Crippen LogP contribution < -0.4 is 0 Å². The Morgan fingerprint density at radius 2 is 2.14 bits per heavy atom. The van der Waals surface area contributed by atoms with Crippen molar-refractivity contribution in [1.29, 1.82) is 5.26 Å². The summed E-state index contributed by atoms with van der Waals surface area (Å²) >= 11 is 13.4. The number of pyridine rings is 1. The average Bonchev–Trinajstić information content (AvgIpc) is 2.20. The van der Waals surface area contributed by atoms with Gasteiger partial charge in [0.05, 0.1) is 10.6 Å². The minimum atomic E-state index is 0.234. The number of nitriles is 1. The molecule has 1 aromatic heterocycles. The van der Waals surface area contributed by atoms with Crippen LogP contribution in [0, 0.1) is 11.3 Å². The Hall–Kier alpha value is -0.430. The summed E-state index contributed by atoms with van der Waals surface area (Å²) in [5, 5.41) is 10.3. The highest BCUT2D eigenvalue weighted by atomic mass is 35.5. The highest BCUT2D eigenvalue weighted by molar-refractivity contribution is 7.98. The zero-order valence-electron chi connectivity index (χ0n) is 7.77. The first-order valence-electron chi connectivity index (χ1n) is 3.97. The van der Waals surface area contributed by atoms with Gasteiger partial charge >= 0.3 is 0 Å². The van der Waals surface area contributed by atoms with E-state index in [1.165, 1.54) is 11.8 Å². The smallest absolute Gasteiger partial charge is 0.148 e. The van der Waals surface area contributed by atoms with Crippen molar-refractivity contribution >= 4 is 35.0 Å². The molecule has 1 aromatic rings. The molecule has 0 unspecified atom stereocenters. The molecular formula is C9H8Cl2N2S. The van der Waals surface area contributed by atoms with E-state index in [0.717, 1.165) is 5.56 Å². The topological polar surface area (TPSA) is 36.7 Å². The van der Waals surface area contributed by atoms with Crippen LogP contribution in [0.5, 0.6) is 0 Å². The highest BCUT2D eigenvalue weighted by Gasteiger charge is 2.15. The van der Waals surface area contributed by atoms with Gasteiger partial charge in [0.25, 0.3) is 0 Å². The molecule has 5 heteroatoms. The third-order valence-corrected chi connectivity index (χ3v) is 3.29. The lowest BCUT2D eigenvalue weighted by molar-refractivity contribution is 1.04. The van der Waals surface area contributed by atoms with Crippen LogP contribution >= 0.6 is 35.0 Å². The zero-order valence-corrected chi connectivity index (χ0v) is 10.1. The van der Waals surface area contributed by atoms with E-state index in [2.05, 4.69) is 4.98 Å². The van der Waals surface area contributed by atoms with Crippen molar-refractivity contribution in [3.63, 3.8) is 0 Å². The van der Waals surface area contributed by atoms with Gasteiger partial charge < -0.3 is 0 Å². The maximum atomic E-state index is 8.88. The zero-order chi connectivity index (χ0) is 10.7. The van der Waals surface area contributed by atoms with E-state index in [-0.39, 0.29) is 5.15 Å². The fraction of sp³-hybridized carbons (Fsp3) is 0.333. The Kier molecular flexibility index (Phi) is 4.06. The van der Waals surface area contributed by atoms with Crippen molar-refractivity contribution in [3.05, 3.63) is 21.3 Å².